The highest BCUT2D eigenvalue weighted by Gasteiger charge is 2.32. The van der Waals surface area contributed by atoms with Crippen LogP contribution in [0.3, 0.4) is 0 Å². The van der Waals surface area contributed by atoms with E-state index in [1.807, 2.05) is 4.68 Å². The molecule has 8 nitrogen and oxygen atoms in total. The van der Waals surface area contributed by atoms with Crippen molar-refractivity contribution in [3.63, 3.8) is 0 Å². The highest BCUT2D eigenvalue weighted by molar-refractivity contribution is 7.19. The standard InChI is InChI=1S/C22H25F2N7OS/c23-12-3-6-16(24)15(10-12)21-29-18(19(26)33-21)20(32)28-17-11-27-31(14-4-5-14)22(17)30-8-1-2-13(25)7-9-30/h3,6,10-11,13-14H,1-2,4-5,7-9,25-26H2,(H,28,32)/t13-/m1/s1. The molecule has 2 aromatic heterocycles. The predicted octanol–water partition coefficient (Wildman–Crippen LogP) is 3.77. The molecule has 1 aromatic carbocycles. The van der Waals surface area contributed by atoms with Crippen LogP contribution in [0, 0.1) is 11.6 Å². The van der Waals surface area contributed by atoms with Crippen molar-refractivity contribution in [2.24, 2.45) is 5.73 Å². The molecular formula is C22H25F2N7OS. The number of carbonyl (C=O) groups excluding carboxylic acids is 1. The summed E-state index contributed by atoms with van der Waals surface area (Å²) in [7, 11) is 0. The van der Waals surface area contributed by atoms with Gasteiger partial charge in [-0.1, -0.05) is 11.3 Å². The lowest BCUT2D eigenvalue weighted by atomic mass is 10.1. The van der Waals surface area contributed by atoms with E-state index in [2.05, 4.69) is 20.3 Å². The number of hydrogen-bond donors (Lipinski definition) is 3. The summed E-state index contributed by atoms with van der Waals surface area (Å²) in [6.07, 6.45) is 6.54. The van der Waals surface area contributed by atoms with E-state index < -0.39 is 17.5 Å². The molecule has 2 fully saturated rings. The van der Waals surface area contributed by atoms with Gasteiger partial charge in [0.05, 0.1) is 12.2 Å². The number of rotatable bonds is 5. The number of halogens is 2. The Balaban J connectivity index is 1.43. The second-order valence-corrected chi connectivity index (χ2v) is 9.58. The van der Waals surface area contributed by atoms with Gasteiger partial charge in [-0.15, -0.1) is 0 Å². The average molecular weight is 474 g/mol. The van der Waals surface area contributed by atoms with Crippen molar-refractivity contribution in [3.05, 3.63) is 41.7 Å². The topological polar surface area (TPSA) is 115 Å². The van der Waals surface area contributed by atoms with E-state index in [1.54, 1.807) is 6.20 Å². The summed E-state index contributed by atoms with van der Waals surface area (Å²) in [5, 5.41) is 7.70. The van der Waals surface area contributed by atoms with Gasteiger partial charge in [-0.25, -0.2) is 18.4 Å². The molecule has 0 unspecified atom stereocenters. The lowest BCUT2D eigenvalue weighted by Gasteiger charge is -2.25. The zero-order chi connectivity index (χ0) is 23.1. The maximum absolute atomic E-state index is 14.2. The second-order valence-electron chi connectivity index (χ2n) is 8.55. The van der Waals surface area contributed by atoms with Crippen LogP contribution < -0.4 is 21.7 Å². The first-order valence-electron chi connectivity index (χ1n) is 11.0. The maximum atomic E-state index is 14.2. The van der Waals surface area contributed by atoms with E-state index in [1.165, 1.54) is 0 Å². The Kier molecular flexibility index (Phi) is 5.75. The van der Waals surface area contributed by atoms with Crippen LogP contribution in [-0.4, -0.2) is 39.8 Å². The van der Waals surface area contributed by atoms with Gasteiger partial charge in [0.15, 0.2) is 11.5 Å². The zero-order valence-corrected chi connectivity index (χ0v) is 18.7. The minimum Gasteiger partial charge on any atom is -0.389 e. The fraction of sp³-hybridized carbons (Fsp3) is 0.409. The fourth-order valence-corrected chi connectivity index (χ4v) is 4.98. The van der Waals surface area contributed by atoms with Gasteiger partial charge < -0.3 is 21.7 Å². The van der Waals surface area contributed by atoms with Gasteiger partial charge in [-0.05, 0) is 50.3 Å². The van der Waals surface area contributed by atoms with Crippen LogP contribution in [0.25, 0.3) is 10.6 Å². The molecule has 0 bridgehead atoms. The minimum absolute atomic E-state index is 0.0262. The summed E-state index contributed by atoms with van der Waals surface area (Å²) in [5.74, 6) is -0.884. The first-order valence-corrected chi connectivity index (χ1v) is 11.8. The molecule has 1 aliphatic heterocycles. The van der Waals surface area contributed by atoms with Crippen LogP contribution >= 0.6 is 11.3 Å². The molecule has 0 spiro atoms. The average Bonchev–Trinajstić information content (AvgIpc) is 3.49. The molecule has 5 rings (SSSR count). The van der Waals surface area contributed by atoms with Gasteiger partial charge in [0, 0.05) is 24.7 Å². The van der Waals surface area contributed by atoms with E-state index in [0.717, 1.165) is 80.5 Å². The first kappa shape index (κ1) is 21.8. The van der Waals surface area contributed by atoms with Crippen molar-refractivity contribution >= 4 is 33.8 Å². The third-order valence-corrected chi connectivity index (χ3v) is 6.93. The summed E-state index contributed by atoms with van der Waals surface area (Å²) < 4.78 is 29.8. The highest BCUT2D eigenvalue weighted by atomic mass is 32.1. The number of amides is 1. The molecule has 1 saturated carbocycles. The van der Waals surface area contributed by atoms with Crippen LogP contribution in [0.4, 0.5) is 25.3 Å². The molecule has 2 aliphatic rings. The summed E-state index contributed by atoms with van der Waals surface area (Å²) in [6, 6.07) is 3.58. The Hall–Kier alpha value is -3.05. The summed E-state index contributed by atoms with van der Waals surface area (Å²) in [4.78, 5) is 19.5. The maximum Gasteiger partial charge on any atom is 0.277 e. The smallest absolute Gasteiger partial charge is 0.277 e. The van der Waals surface area contributed by atoms with Crippen LogP contribution in [0.5, 0.6) is 0 Å². The van der Waals surface area contributed by atoms with Crippen LogP contribution in [0.2, 0.25) is 0 Å². The number of nitrogen functional groups attached to an aromatic ring is 1. The van der Waals surface area contributed by atoms with Crippen LogP contribution in [0.1, 0.15) is 48.6 Å². The number of aromatic nitrogens is 3. The van der Waals surface area contributed by atoms with Gasteiger partial charge in [-0.3, -0.25) is 4.79 Å². The fourth-order valence-electron chi connectivity index (χ4n) is 4.13. The molecule has 5 N–H and O–H groups in total. The van der Waals surface area contributed by atoms with Crippen molar-refractivity contribution in [1.29, 1.82) is 0 Å². The van der Waals surface area contributed by atoms with Crippen molar-refractivity contribution in [3.8, 4) is 10.6 Å². The van der Waals surface area contributed by atoms with Gasteiger partial charge in [0.2, 0.25) is 0 Å². The number of carbonyl (C=O) groups is 1. The number of benzene rings is 1. The zero-order valence-electron chi connectivity index (χ0n) is 17.9. The molecule has 3 heterocycles. The summed E-state index contributed by atoms with van der Waals surface area (Å²) in [5.41, 5.74) is 12.7. The van der Waals surface area contributed by atoms with Gasteiger partial charge in [0.25, 0.3) is 5.91 Å². The number of anilines is 3. The number of nitrogens with two attached hydrogens (primary N) is 2. The molecule has 1 atom stereocenters. The number of nitrogens with zero attached hydrogens (tertiary/aromatic N) is 4. The Morgan fingerprint density at radius 1 is 1.18 bits per heavy atom. The highest BCUT2D eigenvalue weighted by Crippen LogP contribution is 2.41. The van der Waals surface area contributed by atoms with Crippen molar-refractivity contribution < 1.29 is 13.6 Å². The molecule has 1 amide bonds. The summed E-state index contributed by atoms with van der Waals surface area (Å²) in [6.45, 7) is 1.61. The van der Waals surface area contributed by atoms with E-state index in [4.69, 9.17) is 11.5 Å². The normalized spacial score (nSPS) is 18.9. The second kappa shape index (κ2) is 8.71. The van der Waals surface area contributed by atoms with Gasteiger partial charge in [0.1, 0.15) is 27.3 Å². The Morgan fingerprint density at radius 2 is 2.00 bits per heavy atom. The largest absolute Gasteiger partial charge is 0.389 e. The third kappa shape index (κ3) is 4.42. The molecule has 1 aliphatic carbocycles. The predicted molar refractivity (Wildman–Crippen MR) is 124 cm³/mol. The molecule has 174 valence electrons. The van der Waals surface area contributed by atoms with E-state index in [-0.39, 0.29) is 27.3 Å². The Labute approximate surface area is 193 Å². The Morgan fingerprint density at radius 3 is 2.79 bits per heavy atom. The molecule has 11 heteroatoms. The van der Waals surface area contributed by atoms with Gasteiger partial charge in [-0.2, -0.15) is 5.10 Å². The van der Waals surface area contributed by atoms with Crippen molar-refractivity contribution in [1.82, 2.24) is 14.8 Å². The minimum atomic E-state index is -0.635. The SMILES string of the molecule is Nc1sc(-c2cc(F)ccc2F)nc1C(=O)Nc1cnn(C2CC2)c1N1CCC[C@@H](N)CC1. The number of thiazole rings is 1. The monoisotopic (exact) mass is 473 g/mol. The van der Waals surface area contributed by atoms with E-state index in [9.17, 15) is 13.6 Å². The van der Waals surface area contributed by atoms with E-state index in [0.29, 0.717) is 11.7 Å². The van der Waals surface area contributed by atoms with Crippen LogP contribution in [-0.2, 0) is 0 Å². The molecular weight excluding hydrogens is 448 g/mol. The summed E-state index contributed by atoms with van der Waals surface area (Å²) >= 11 is 0.939. The quantitative estimate of drug-likeness (QED) is 0.520. The van der Waals surface area contributed by atoms with Crippen LogP contribution in [0.15, 0.2) is 24.4 Å². The lowest BCUT2D eigenvalue weighted by molar-refractivity contribution is 0.102. The molecule has 33 heavy (non-hydrogen) atoms. The third-order valence-electron chi connectivity index (χ3n) is 6.01. The van der Waals surface area contributed by atoms with Gasteiger partial charge >= 0.3 is 0 Å². The van der Waals surface area contributed by atoms with E-state index >= 15 is 0 Å². The molecule has 3 aromatic rings. The molecule has 1 saturated heterocycles. The first-order chi connectivity index (χ1) is 15.9. The van der Waals surface area contributed by atoms with Crippen molar-refractivity contribution in [2.45, 2.75) is 44.2 Å². The van der Waals surface area contributed by atoms with Crippen molar-refractivity contribution in [2.75, 3.05) is 29.0 Å². The number of hydrogen-bond acceptors (Lipinski definition) is 7. The lowest BCUT2D eigenvalue weighted by Crippen LogP contribution is -2.29. The molecule has 0 radical (unpaired) electrons. The Bertz CT molecular complexity index is 1190. The number of nitrogens with one attached hydrogen (secondary N) is 1.